The Hall–Kier alpha value is -2.63. The predicted molar refractivity (Wildman–Crippen MR) is 105 cm³/mol. The molecule has 2 aromatic rings. The second-order valence-electron chi connectivity index (χ2n) is 7.42. The van der Waals surface area contributed by atoms with E-state index in [4.69, 9.17) is 0 Å². The summed E-state index contributed by atoms with van der Waals surface area (Å²) in [7, 11) is 0. The number of nitrogens with one attached hydrogen (secondary N) is 3. The second kappa shape index (κ2) is 7.72. The summed E-state index contributed by atoms with van der Waals surface area (Å²) in [6.45, 7) is 8.73. The van der Waals surface area contributed by atoms with Crippen LogP contribution in [0.3, 0.4) is 0 Å². The van der Waals surface area contributed by atoms with Crippen molar-refractivity contribution in [1.29, 1.82) is 0 Å². The van der Waals surface area contributed by atoms with Crippen molar-refractivity contribution in [3.63, 3.8) is 0 Å². The van der Waals surface area contributed by atoms with E-state index in [1.54, 1.807) is 6.07 Å². The molecule has 1 heterocycles. The molecule has 0 saturated heterocycles. The average molecular weight is 353 g/mol. The predicted octanol–water partition coefficient (Wildman–Crippen LogP) is 4.75. The van der Waals surface area contributed by atoms with Crippen LogP contribution in [0.15, 0.2) is 30.3 Å². The van der Waals surface area contributed by atoms with E-state index < -0.39 is 0 Å². The molecule has 138 valence electrons. The quantitative estimate of drug-likeness (QED) is 0.700. The third kappa shape index (κ3) is 4.50. The van der Waals surface area contributed by atoms with E-state index in [9.17, 15) is 4.79 Å². The van der Waals surface area contributed by atoms with Crippen LogP contribution in [0, 0.1) is 0 Å². The van der Waals surface area contributed by atoms with Gasteiger partial charge in [0.05, 0.1) is 0 Å². The van der Waals surface area contributed by atoms with Crippen LogP contribution in [0.5, 0.6) is 0 Å². The van der Waals surface area contributed by atoms with E-state index in [1.807, 2.05) is 6.07 Å². The van der Waals surface area contributed by atoms with Crippen molar-refractivity contribution < 1.29 is 4.79 Å². The topological polar surface area (TPSA) is 78.9 Å². The lowest BCUT2D eigenvalue weighted by Crippen LogP contribution is -2.30. The zero-order valence-corrected chi connectivity index (χ0v) is 15.8. The molecule has 1 saturated carbocycles. The van der Waals surface area contributed by atoms with Crippen molar-refractivity contribution in [1.82, 2.24) is 15.5 Å². The first-order valence-corrected chi connectivity index (χ1v) is 9.25. The number of nitrogens with zero attached hydrogens (tertiary/aromatic N) is 2. The molecule has 3 rings (SSSR count). The van der Waals surface area contributed by atoms with Gasteiger partial charge in [-0.2, -0.15) is 0 Å². The number of anilines is 3. The summed E-state index contributed by atoms with van der Waals surface area (Å²) in [6, 6.07) is 10.1. The number of hydrogen-bond donors (Lipinski definition) is 3. The fourth-order valence-electron chi connectivity index (χ4n) is 2.85. The van der Waals surface area contributed by atoms with Crippen molar-refractivity contribution in [2.45, 2.75) is 58.4 Å². The number of para-hydroxylation sites is 1. The van der Waals surface area contributed by atoms with Crippen LogP contribution in [0.2, 0.25) is 0 Å². The smallest absolute Gasteiger partial charge is 0.320 e. The molecule has 1 aromatic carbocycles. The maximum atomic E-state index is 11.8. The molecular formula is C20H27N5O. The Morgan fingerprint density at radius 2 is 1.54 bits per heavy atom. The zero-order chi connectivity index (χ0) is 18.7. The van der Waals surface area contributed by atoms with Crippen molar-refractivity contribution in [2.24, 2.45) is 0 Å². The van der Waals surface area contributed by atoms with Crippen LogP contribution in [0.1, 0.15) is 63.5 Å². The molecule has 0 spiro atoms. The van der Waals surface area contributed by atoms with Gasteiger partial charge in [-0.3, -0.25) is 5.32 Å². The summed E-state index contributed by atoms with van der Waals surface area (Å²) < 4.78 is 0. The van der Waals surface area contributed by atoms with Crippen LogP contribution in [0.4, 0.5) is 22.1 Å². The molecule has 1 aliphatic rings. The van der Waals surface area contributed by atoms with E-state index >= 15 is 0 Å². The molecular weight excluding hydrogens is 326 g/mol. The molecule has 1 aromatic heterocycles. The van der Waals surface area contributed by atoms with E-state index in [2.05, 4.69) is 72.0 Å². The van der Waals surface area contributed by atoms with Gasteiger partial charge in [0, 0.05) is 11.7 Å². The van der Waals surface area contributed by atoms with Crippen LogP contribution in [0.25, 0.3) is 0 Å². The number of hydrogen-bond acceptors (Lipinski definition) is 4. The summed E-state index contributed by atoms with van der Waals surface area (Å²) >= 11 is 0. The number of aromatic nitrogens is 2. The largest absolute Gasteiger partial charge is 0.338 e. The Labute approximate surface area is 154 Å². The van der Waals surface area contributed by atoms with Crippen molar-refractivity contribution in [3.05, 3.63) is 41.5 Å². The summed E-state index contributed by atoms with van der Waals surface area (Å²) in [5.74, 6) is 1.90. The van der Waals surface area contributed by atoms with Gasteiger partial charge in [0.1, 0.15) is 0 Å². The first kappa shape index (κ1) is 18.2. The van der Waals surface area contributed by atoms with E-state index in [0.29, 0.717) is 29.5 Å². The molecule has 0 aliphatic heterocycles. The van der Waals surface area contributed by atoms with Gasteiger partial charge >= 0.3 is 6.03 Å². The maximum Gasteiger partial charge on any atom is 0.320 e. The van der Waals surface area contributed by atoms with Gasteiger partial charge in [-0.1, -0.05) is 45.9 Å². The van der Waals surface area contributed by atoms with Gasteiger partial charge < -0.3 is 10.6 Å². The molecule has 6 heteroatoms. The minimum Gasteiger partial charge on any atom is -0.338 e. The summed E-state index contributed by atoms with van der Waals surface area (Å²) in [4.78, 5) is 11.8. The van der Waals surface area contributed by atoms with Gasteiger partial charge in [0.2, 0.25) is 0 Å². The average Bonchev–Trinajstić information content (AvgIpc) is 3.40. The lowest BCUT2D eigenvalue weighted by Gasteiger charge is -2.20. The molecule has 6 nitrogen and oxygen atoms in total. The van der Waals surface area contributed by atoms with E-state index in [0.717, 1.165) is 18.5 Å². The number of carbonyl (C=O) groups excluding carboxylic acids is 1. The Kier molecular flexibility index (Phi) is 5.40. The number of urea groups is 1. The molecule has 3 N–H and O–H groups in total. The Balaban J connectivity index is 1.75. The Bertz CT molecular complexity index is 740. The maximum absolute atomic E-state index is 11.8. The molecule has 0 atom stereocenters. The lowest BCUT2D eigenvalue weighted by atomic mass is 9.92. The lowest BCUT2D eigenvalue weighted by molar-refractivity contribution is 0.251. The molecule has 1 aliphatic carbocycles. The first-order valence-electron chi connectivity index (χ1n) is 9.25. The summed E-state index contributed by atoms with van der Waals surface area (Å²) in [5.41, 5.74) is 3.60. The number of benzene rings is 1. The number of carbonyl (C=O) groups is 1. The van der Waals surface area contributed by atoms with Gasteiger partial charge in [0.25, 0.3) is 0 Å². The zero-order valence-electron chi connectivity index (χ0n) is 15.8. The minimum absolute atomic E-state index is 0.227. The SMILES string of the molecule is CC(C)c1cccc(C(C)C)c1Nc1ccc(NC(=O)NC2CC2)nn1. The summed E-state index contributed by atoms with van der Waals surface area (Å²) in [5, 5.41) is 17.3. The van der Waals surface area contributed by atoms with Gasteiger partial charge in [-0.25, -0.2) is 4.79 Å². The van der Waals surface area contributed by atoms with Crippen molar-refractivity contribution in [2.75, 3.05) is 10.6 Å². The minimum atomic E-state index is -0.227. The fourth-order valence-corrected chi connectivity index (χ4v) is 2.85. The van der Waals surface area contributed by atoms with Crippen LogP contribution in [-0.4, -0.2) is 22.3 Å². The normalized spacial score (nSPS) is 13.8. The van der Waals surface area contributed by atoms with Crippen molar-refractivity contribution in [3.8, 4) is 0 Å². The van der Waals surface area contributed by atoms with Crippen LogP contribution in [-0.2, 0) is 0 Å². The highest BCUT2D eigenvalue weighted by molar-refractivity contribution is 5.88. The Morgan fingerprint density at radius 3 is 2.04 bits per heavy atom. The molecule has 1 fully saturated rings. The van der Waals surface area contributed by atoms with Crippen LogP contribution < -0.4 is 16.0 Å². The second-order valence-corrected chi connectivity index (χ2v) is 7.42. The molecule has 0 bridgehead atoms. The van der Waals surface area contributed by atoms with Gasteiger partial charge in [-0.05, 0) is 47.9 Å². The van der Waals surface area contributed by atoms with E-state index in [-0.39, 0.29) is 6.03 Å². The van der Waals surface area contributed by atoms with Gasteiger partial charge in [0.15, 0.2) is 11.6 Å². The summed E-state index contributed by atoms with van der Waals surface area (Å²) in [6.07, 6.45) is 2.10. The molecule has 26 heavy (non-hydrogen) atoms. The van der Waals surface area contributed by atoms with Crippen molar-refractivity contribution >= 4 is 23.4 Å². The molecule has 0 unspecified atom stereocenters. The van der Waals surface area contributed by atoms with Crippen LogP contribution >= 0.6 is 0 Å². The first-order chi connectivity index (χ1) is 12.4. The molecule has 0 radical (unpaired) electrons. The van der Waals surface area contributed by atoms with Gasteiger partial charge in [-0.15, -0.1) is 10.2 Å². The standard InChI is InChI=1S/C20H27N5O/c1-12(2)15-6-5-7-16(13(3)4)19(15)22-17-10-11-18(25-24-17)23-20(26)21-14-8-9-14/h5-7,10-14H,8-9H2,1-4H3,(H,22,24)(H2,21,23,25,26). The number of amides is 2. The molecule has 2 amide bonds. The Morgan fingerprint density at radius 1 is 0.962 bits per heavy atom. The number of rotatable bonds is 6. The highest BCUT2D eigenvalue weighted by Crippen LogP contribution is 2.34. The third-order valence-electron chi connectivity index (χ3n) is 4.44. The fraction of sp³-hybridized carbons (Fsp3) is 0.450. The monoisotopic (exact) mass is 353 g/mol. The van der Waals surface area contributed by atoms with E-state index in [1.165, 1.54) is 11.1 Å². The highest BCUT2D eigenvalue weighted by atomic mass is 16.2. The highest BCUT2D eigenvalue weighted by Gasteiger charge is 2.23. The third-order valence-corrected chi connectivity index (χ3v) is 4.44.